The number of hydrogen-bond acceptors (Lipinski definition) is 5. The van der Waals surface area contributed by atoms with Crippen molar-refractivity contribution in [3.63, 3.8) is 0 Å². The van der Waals surface area contributed by atoms with Crippen molar-refractivity contribution in [1.82, 2.24) is 0 Å². The van der Waals surface area contributed by atoms with Crippen molar-refractivity contribution in [1.29, 1.82) is 0 Å². The second-order valence-electron chi connectivity index (χ2n) is 7.15. The molecule has 27 heavy (non-hydrogen) atoms. The monoisotopic (exact) mass is 433 g/mol. The van der Waals surface area contributed by atoms with Crippen molar-refractivity contribution in [2.75, 3.05) is 50.7 Å². The molecule has 0 bridgehead atoms. The largest absolute Gasteiger partial charge is 0.379 e. The summed E-state index contributed by atoms with van der Waals surface area (Å²) in [6.07, 6.45) is 4.20. The Morgan fingerprint density at radius 2 is 1.67 bits per heavy atom. The van der Waals surface area contributed by atoms with Gasteiger partial charge in [0, 0.05) is 36.0 Å². The van der Waals surface area contributed by atoms with Crippen LogP contribution < -0.4 is 4.90 Å². The fourth-order valence-electron chi connectivity index (χ4n) is 2.86. The molecule has 0 heterocycles. The lowest BCUT2D eigenvalue weighted by molar-refractivity contribution is 0.0505. The number of aryl methyl sites for hydroxylation is 1. The van der Waals surface area contributed by atoms with Crippen LogP contribution in [-0.2, 0) is 21.8 Å². The topological polar surface area (TPSA) is 21.7 Å². The van der Waals surface area contributed by atoms with Gasteiger partial charge in [-0.1, -0.05) is 41.5 Å². The van der Waals surface area contributed by atoms with E-state index in [0.717, 1.165) is 32.5 Å². The van der Waals surface area contributed by atoms with Gasteiger partial charge in [-0.3, -0.25) is 0 Å². The van der Waals surface area contributed by atoms with Crippen LogP contribution in [0.1, 0.15) is 45.2 Å². The Morgan fingerprint density at radius 1 is 1.00 bits per heavy atom. The zero-order valence-corrected chi connectivity index (χ0v) is 19.9. The molecule has 1 rings (SSSR count). The van der Waals surface area contributed by atoms with Gasteiger partial charge in [-0.05, 0) is 56.2 Å². The van der Waals surface area contributed by atoms with Crippen molar-refractivity contribution < 1.29 is 9.47 Å². The minimum Gasteiger partial charge on any atom is -0.379 e. The molecule has 3 nitrogen and oxygen atoms in total. The zero-order valence-electron chi connectivity index (χ0n) is 17.6. The van der Waals surface area contributed by atoms with Gasteiger partial charge in [0.25, 0.3) is 0 Å². The summed E-state index contributed by atoms with van der Waals surface area (Å²) in [7, 11) is 3.74. The second-order valence-corrected chi connectivity index (χ2v) is 10.5. The summed E-state index contributed by atoms with van der Waals surface area (Å²) in [6.45, 7) is 13.6. The Morgan fingerprint density at radius 3 is 2.26 bits per heavy atom. The summed E-state index contributed by atoms with van der Waals surface area (Å²) in [4.78, 5) is 2.44. The Kier molecular flexibility index (Phi) is 12.9. The van der Waals surface area contributed by atoms with Gasteiger partial charge in [0.1, 0.15) is 0 Å². The molecule has 1 aromatic carbocycles. The Balaban J connectivity index is 2.79. The second kappa shape index (κ2) is 14.0. The predicted molar refractivity (Wildman–Crippen MR) is 125 cm³/mol. The number of benzene rings is 1. The number of rotatable bonds is 15. The van der Waals surface area contributed by atoms with Crippen molar-refractivity contribution in [3.8, 4) is 0 Å². The number of hydrogen-bond donors (Lipinski definition) is 0. The van der Waals surface area contributed by atoms with Crippen LogP contribution in [0.3, 0.4) is 0 Å². The summed E-state index contributed by atoms with van der Waals surface area (Å²) < 4.78 is 11.4. The highest BCUT2D eigenvalue weighted by molar-refractivity contribution is 8.77. The number of nitrogens with zero attached hydrogens (tertiary/aromatic N) is 1. The number of ether oxygens (including phenoxy) is 2. The van der Waals surface area contributed by atoms with Crippen molar-refractivity contribution >= 4 is 38.9 Å². The summed E-state index contributed by atoms with van der Waals surface area (Å²) in [5, 5.41) is 0. The number of anilines is 1. The van der Waals surface area contributed by atoms with Crippen LogP contribution >= 0.6 is 33.2 Å². The van der Waals surface area contributed by atoms with Gasteiger partial charge < -0.3 is 14.4 Å². The molecular formula is C21H36ClNO2S2. The maximum atomic E-state index is 6.14. The molecule has 0 atom stereocenters. The molecule has 156 valence electrons. The third-order valence-electron chi connectivity index (χ3n) is 4.07. The van der Waals surface area contributed by atoms with E-state index in [1.165, 1.54) is 16.8 Å². The van der Waals surface area contributed by atoms with Crippen LogP contribution in [0.5, 0.6) is 0 Å². The smallest absolute Gasteiger partial charge is 0.0701 e. The molecule has 0 radical (unpaired) electrons. The highest BCUT2D eigenvalue weighted by Gasteiger charge is 2.23. The van der Waals surface area contributed by atoms with Crippen molar-refractivity contribution in [2.45, 2.75) is 51.2 Å². The van der Waals surface area contributed by atoms with Crippen LogP contribution in [0.15, 0.2) is 18.2 Å². The first kappa shape index (κ1) is 25.0. The van der Waals surface area contributed by atoms with E-state index in [1.54, 1.807) is 0 Å². The number of halogens is 1. The van der Waals surface area contributed by atoms with E-state index < -0.39 is 0 Å². The SMILES string of the molecule is CCCOCCOCCN(CC(C)(C)SSC)c1cc(CC)cc(CCl)c1. The first-order chi connectivity index (χ1) is 13.0. The molecule has 0 aromatic heterocycles. The predicted octanol–water partition coefficient (Wildman–Crippen LogP) is 6.03. The van der Waals surface area contributed by atoms with Gasteiger partial charge in [-0.2, -0.15) is 0 Å². The first-order valence-electron chi connectivity index (χ1n) is 9.76. The molecule has 0 spiro atoms. The molecule has 0 saturated carbocycles. The van der Waals surface area contributed by atoms with E-state index in [-0.39, 0.29) is 4.75 Å². The van der Waals surface area contributed by atoms with Crippen LogP contribution in [-0.4, -0.2) is 50.5 Å². The maximum absolute atomic E-state index is 6.14. The lowest BCUT2D eigenvalue weighted by Gasteiger charge is -2.33. The van der Waals surface area contributed by atoms with Crippen LogP contribution in [0.25, 0.3) is 0 Å². The normalized spacial score (nSPS) is 11.8. The molecule has 0 fully saturated rings. The van der Waals surface area contributed by atoms with Crippen LogP contribution in [0.4, 0.5) is 5.69 Å². The Hall–Kier alpha value is -0.0700. The van der Waals surface area contributed by atoms with Crippen molar-refractivity contribution in [3.05, 3.63) is 29.3 Å². The van der Waals surface area contributed by atoms with E-state index >= 15 is 0 Å². The van der Waals surface area contributed by atoms with E-state index in [4.69, 9.17) is 21.1 Å². The van der Waals surface area contributed by atoms with Gasteiger partial charge in [0.05, 0.1) is 19.8 Å². The van der Waals surface area contributed by atoms with E-state index in [9.17, 15) is 0 Å². The first-order valence-corrected chi connectivity index (χ1v) is 12.9. The van der Waals surface area contributed by atoms with Gasteiger partial charge in [-0.25, -0.2) is 0 Å². The standard InChI is InChI=1S/C21H36ClNO2S2/c1-6-9-24-11-12-25-10-8-23(17-21(3,4)27-26-5)20-14-18(7-2)13-19(15-20)16-22/h13-15H,6-12,16-17H2,1-5H3. The molecule has 0 aliphatic heterocycles. The highest BCUT2D eigenvalue weighted by atomic mass is 35.5. The van der Waals surface area contributed by atoms with Crippen molar-refractivity contribution in [2.24, 2.45) is 0 Å². The van der Waals surface area contributed by atoms with E-state index in [0.29, 0.717) is 25.7 Å². The quantitative estimate of drug-likeness (QED) is 0.191. The lowest BCUT2D eigenvalue weighted by Crippen LogP contribution is -2.38. The van der Waals surface area contributed by atoms with Gasteiger partial charge >= 0.3 is 0 Å². The summed E-state index contributed by atoms with van der Waals surface area (Å²) >= 11 is 6.14. The minimum atomic E-state index is 0.146. The summed E-state index contributed by atoms with van der Waals surface area (Å²) in [6, 6.07) is 6.72. The molecule has 0 N–H and O–H groups in total. The average molecular weight is 434 g/mol. The van der Waals surface area contributed by atoms with E-state index in [2.05, 4.69) is 57.0 Å². The van der Waals surface area contributed by atoms with Crippen LogP contribution in [0, 0.1) is 0 Å². The van der Waals surface area contributed by atoms with Crippen LogP contribution in [0.2, 0.25) is 0 Å². The Labute approximate surface area is 179 Å². The highest BCUT2D eigenvalue weighted by Crippen LogP contribution is 2.35. The molecule has 0 saturated heterocycles. The Bertz CT molecular complexity index is 507. The molecule has 0 aliphatic rings. The van der Waals surface area contributed by atoms with E-state index in [1.807, 2.05) is 21.6 Å². The maximum Gasteiger partial charge on any atom is 0.0701 e. The summed E-state index contributed by atoms with van der Waals surface area (Å²) in [5.41, 5.74) is 3.75. The zero-order chi connectivity index (χ0) is 20.1. The van der Waals surface area contributed by atoms with Gasteiger partial charge in [0.2, 0.25) is 0 Å². The molecule has 1 aromatic rings. The fraction of sp³-hybridized carbons (Fsp3) is 0.714. The molecule has 6 heteroatoms. The summed E-state index contributed by atoms with van der Waals surface area (Å²) in [5.74, 6) is 0.545. The minimum absolute atomic E-state index is 0.146. The number of alkyl halides is 1. The fourth-order valence-corrected chi connectivity index (χ4v) is 5.18. The van der Waals surface area contributed by atoms with Gasteiger partial charge in [-0.15, -0.1) is 11.6 Å². The third kappa shape index (κ3) is 10.3. The average Bonchev–Trinajstić information content (AvgIpc) is 2.65. The molecule has 0 aliphatic carbocycles. The van der Waals surface area contributed by atoms with Gasteiger partial charge in [0.15, 0.2) is 0 Å². The lowest BCUT2D eigenvalue weighted by atomic mass is 10.1. The molecule has 0 unspecified atom stereocenters. The third-order valence-corrected chi connectivity index (χ3v) is 6.98. The molecular weight excluding hydrogens is 398 g/mol. The molecule has 0 amide bonds.